The molecule has 1 aliphatic heterocycles. The molecule has 1 heterocycles. The molecule has 0 N–H and O–H groups in total. The van der Waals surface area contributed by atoms with E-state index in [9.17, 15) is 28.3 Å². The number of Topliss-reactive ketones (excluding diaryl/α,β-unsaturated/α-hetero) is 1. The zero-order valence-corrected chi connectivity index (χ0v) is 33.1. The summed E-state index contributed by atoms with van der Waals surface area (Å²) in [5.74, 6) is -1.26. The summed E-state index contributed by atoms with van der Waals surface area (Å²) in [7, 11) is -4.42. The lowest BCUT2D eigenvalue weighted by molar-refractivity contribution is -0.139. The van der Waals surface area contributed by atoms with E-state index < -0.39 is 56.7 Å². The number of sulfonamides is 1. The van der Waals surface area contributed by atoms with Gasteiger partial charge in [0.2, 0.25) is 10.0 Å². The van der Waals surface area contributed by atoms with Crippen molar-refractivity contribution in [2.45, 2.75) is 142 Å². The molecule has 0 saturated heterocycles. The number of ketones is 1. The molecule has 2 saturated carbocycles. The van der Waals surface area contributed by atoms with Gasteiger partial charge in [-0.1, -0.05) is 98.5 Å². The van der Waals surface area contributed by atoms with Gasteiger partial charge in [0.25, 0.3) is 0 Å². The minimum absolute atomic E-state index is 0.00731. The Morgan fingerprint density at radius 3 is 2.38 bits per heavy atom. The number of ether oxygens (including phenoxy) is 1. The van der Waals surface area contributed by atoms with Gasteiger partial charge in [-0.05, 0) is 74.3 Å². The number of alkyl halides is 1. The maximum absolute atomic E-state index is 14.5. The molecular formula is C34H55IN8O6S. The third-order valence-electron chi connectivity index (χ3n) is 11.3. The highest BCUT2D eigenvalue weighted by molar-refractivity contribution is 14.1. The Morgan fingerprint density at radius 2 is 1.78 bits per heavy atom. The van der Waals surface area contributed by atoms with E-state index in [-0.39, 0.29) is 30.4 Å². The Hall–Kier alpha value is -2.55. The summed E-state index contributed by atoms with van der Waals surface area (Å²) in [5, 5.41) is 7.55. The molecule has 0 spiro atoms. The van der Waals surface area contributed by atoms with Gasteiger partial charge in [-0.2, -0.15) is 0 Å². The standard InChI is InChI=1S/C34H55IN8O6S/c1-5-6-7-8-9-10-11-14-27(39-41-37)22-28(16-18-35)42-23-29(31(45)49-20-13-12-19-38-40-36)25(2)43(32(42)46)50(47,48)24-34-17-15-26(21-30(34)44)33(34,3)4/h23,25-28H,5-22,24H2,1-4H3/t25-,26?,27-,28+,34-/m1/s1. The Balaban J connectivity index is 1.92. The summed E-state index contributed by atoms with van der Waals surface area (Å²) in [6.45, 7) is 7.84. The molecule has 0 aromatic rings. The summed E-state index contributed by atoms with van der Waals surface area (Å²) in [6, 6.07) is -2.95. The summed E-state index contributed by atoms with van der Waals surface area (Å²) in [5.41, 5.74) is 16.3. The number of carbonyl (C=O) groups is 3. The number of halogens is 1. The average Bonchev–Trinajstić information content (AvgIpc) is 3.40. The van der Waals surface area contributed by atoms with Crippen molar-refractivity contribution in [1.29, 1.82) is 0 Å². The first-order chi connectivity index (χ1) is 23.8. The quantitative estimate of drug-likeness (QED) is 0.0187. The van der Waals surface area contributed by atoms with Crippen molar-refractivity contribution < 1.29 is 27.5 Å². The molecule has 0 radical (unpaired) electrons. The number of esters is 1. The zero-order chi connectivity index (χ0) is 37.0. The molecule has 2 aliphatic carbocycles. The molecule has 3 aliphatic rings. The highest BCUT2D eigenvalue weighted by atomic mass is 127. The second kappa shape index (κ2) is 19.3. The smallest absolute Gasteiger partial charge is 0.338 e. The van der Waals surface area contributed by atoms with Crippen molar-refractivity contribution in [2.75, 3.05) is 23.3 Å². The number of amides is 2. The number of azide groups is 2. The fraction of sp³-hybridized carbons (Fsp3) is 0.853. The SMILES string of the molecule is CCCCCCCCC[C@H](C[C@H](CCI)N1C=C(C(=O)OCCCCN=[N+]=[N-])[C@@H](C)N(S(=O)(=O)C[C@]23CCC(CC2=O)C3(C)C)C1=O)N=[N+]=[N-]. The van der Waals surface area contributed by atoms with Gasteiger partial charge in [-0.25, -0.2) is 22.3 Å². The minimum atomic E-state index is -4.42. The normalized spacial score (nSPS) is 24.0. The van der Waals surface area contributed by atoms with E-state index in [0.717, 1.165) is 36.4 Å². The van der Waals surface area contributed by atoms with Crippen molar-refractivity contribution in [3.63, 3.8) is 0 Å². The van der Waals surface area contributed by atoms with Crippen LogP contribution < -0.4 is 0 Å². The van der Waals surface area contributed by atoms with Crippen LogP contribution in [0.1, 0.15) is 124 Å². The van der Waals surface area contributed by atoms with Gasteiger partial charge in [-0.15, -0.1) is 0 Å². The van der Waals surface area contributed by atoms with Crippen LogP contribution in [0.3, 0.4) is 0 Å². The molecule has 0 aromatic heterocycles. The molecule has 280 valence electrons. The van der Waals surface area contributed by atoms with Gasteiger partial charge >= 0.3 is 12.0 Å². The van der Waals surface area contributed by atoms with Gasteiger partial charge in [0.05, 0.1) is 29.4 Å². The van der Waals surface area contributed by atoms with E-state index in [1.54, 1.807) is 0 Å². The monoisotopic (exact) mass is 830 g/mol. The van der Waals surface area contributed by atoms with E-state index >= 15 is 0 Å². The van der Waals surface area contributed by atoms with Gasteiger partial charge in [0.15, 0.2) is 0 Å². The van der Waals surface area contributed by atoms with Crippen LogP contribution in [0.5, 0.6) is 0 Å². The molecule has 2 bridgehead atoms. The first-order valence-corrected chi connectivity index (χ1v) is 21.3. The lowest BCUT2D eigenvalue weighted by atomic mass is 9.70. The van der Waals surface area contributed by atoms with E-state index in [1.807, 2.05) is 13.8 Å². The topological polar surface area (TPSA) is 199 Å². The second-order valence-corrected chi connectivity index (χ2v) is 17.5. The number of nitrogens with zero attached hydrogens (tertiary/aromatic N) is 8. The lowest BCUT2D eigenvalue weighted by Crippen LogP contribution is -2.59. The molecule has 16 heteroatoms. The number of urea groups is 1. The van der Waals surface area contributed by atoms with Crippen LogP contribution in [0.25, 0.3) is 20.9 Å². The van der Waals surface area contributed by atoms with Crippen LogP contribution in [0, 0.1) is 16.7 Å². The predicted molar refractivity (Wildman–Crippen MR) is 201 cm³/mol. The van der Waals surface area contributed by atoms with Gasteiger partial charge < -0.3 is 4.74 Å². The Morgan fingerprint density at radius 1 is 1.08 bits per heavy atom. The predicted octanol–water partition coefficient (Wildman–Crippen LogP) is 8.76. The Kier molecular flexibility index (Phi) is 16.2. The van der Waals surface area contributed by atoms with E-state index in [1.165, 1.54) is 37.3 Å². The van der Waals surface area contributed by atoms with Crippen molar-refractivity contribution in [1.82, 2.24) is 9.21 Å². The maximum atomic E-state index is 14.5. The fourth-order valence-electron chi connectivity index (χ4n) is 8.07. The Labute approximate surface area is 310 Å². The van der Waals surface area contributed by atoms with Crippen LogP contribution in [0.2, 0.25) is 0 Å². The van der Waals surface area contributed by atoms with Crippen molar-refractivity contribution in [3.05, 3.63) is 32.7 Å². The maximum Gasteiger partial charge on any atom is 0.338 e. The van der Waals surface area contributed by atoms with E-state index in [0.29, 0.717) is 49.4 Å². The molecule has 2 amide bonds. The van der Waals surface area contributed by atoms with Crippen molar-refractivity contribution >= 4 is 50.4 Å². The number of hydrogen-bond donors (Lipinski definition) is 0. The average molecular weight is 831 g/mol. The van der Waals surface area contributed by atoms with Gasteiger partial charge in [-0.3, -0.25) is 9.69 Å². The zero-order valence-electron chi connectivity index (χ0n) is 30.1. The lowest BCUT2D eigenvalue weighted by Gasteiger charge is -2.43. The first-order valence-electron chi connectivity index (χ1n) is 18.2. The van der Waals surface area contributed by atoms with Crippen LogP contribution in [0.15, 0.2) is 22.0 Å². The van der Waals surface area contributed by atoms with Crippen molar-refractivity contribution in [2.24, 2.45) is 27.0 Å². The third kappa shape index (κ3) is 9.86. The molecule has 50 heavy (non-hydrogen) atoms. The Bertz CT molecular complexity index is 1440. The van der Waals surface area contributed by atoms with Crippen LogP contribution in [-0.2, 0) is 24.3 Å². The van der Waals surface area contributed by atoms with E-state index in [4.69, 9.17) is 10.3 Å². The fourth-order valence-corrected chi connectivity index (χ4v) is 11.2. The first kappa shape index (κ1) is 41.9. The summed E-state index contributed by atoms with van der Waals surface area (Å²) in [6.07, 6.45) is 13.0. The van der Waals surface area contributed by atoms with Gasteiger partial charge in [0.1, 0.15) is 5.78 Å². The molecule has 14 nitrogen and oxygen atoms in total. The number of carbonyl (C=O) groups excluding carboxylic acids is 3. The van der Waals surface area contributed by atoms with E-state index in [2.05, 4.69) is 49.6 Å². The van der Waals surface area contributed by atoms with Crippen LogP contribution in [-0.4, -0.2) is 76.9 Å². The number of hydrogen-bond acceptors (Lipinski definition) is 8. The molecule has 2 fully saturated rings. The second-order valence-electron chi connectivity index (χ2n) is 14.6. The van der Waals surface area contributed by atoms with Gasteiger partial charge in [0, 0.05) is 45.5 Å². The number of fused-ring (bicyclic) bond motifs is 2. The number of rotatable bonds is 23. The minimum Gasteiger partial charge on any atom is -0.462 e. The highest BCUT2D eigenvalue weighted by Gasteiger charge is 2.66. The number of unbranched alkanes of at least 4 members (excludes halogenated alkanes) is 7. The van der Waals surface area contributed by atoms with Crippen LogP contribution >= 0.6 is 22.6 Å². The van der Waals surface area contributed by atoms with Crippen LogP contribution in [0.4, 0.5) is 4.79 Å². The molecular weight excluding hydrogens is 775 g/mol. The van der Waals surface area contributed by atoms with Crippen molar-refractivity contribution in [3.8, 4) is 0 Å². The largest absolute Gasteiger partial charge is 0.462 e. The highest BCUT2D eigenvalue weighted by Crippen LogP contribution is 2.64. The summed E-state index contributed by atoms with van der Waals surface area (Å²) >= 11 is 2.20. The molecule has 3 rings (SSSR count). The molecule has 0 aromatic carbocycles. The molecule has 1 unspecified atom stereocenters. The molecule has 5 atom stereocenters. The summed E-state index contributed by atoms with van der Waals surface area (Å²) < 4.78 is 35.9. The third-order valence-corrected chi connectivity index (χ3v) is 13.8. The summed E-state index contributed by atoms with van der Waals surface area (Å²) in [4.78, 5) is 48.5.